The van der Waals surface area contributed by atoms with Gasteiger partial charge in [0.05, 0.1) is 5.69 Å². The fourth-order valence-electron chi connectivity index (χ4n) is 1.39. The van der Waals surface area contributed by atoms with E-state index in [9.17, 15) is 13.5 Å². The highest BCUT2D eigenvalue weighted by molar-refractivity contribution is 7.89. The molecule has 0 unspecified atom stereocenters. The van der Waals surface area contributed by atoms with Gasteiger partial charge in [0, 0.05) is 20.1 Å². The summed E-state index contributed by atoms with van der Waals surface area (Å²) in [5.41, 5.74) is 5.48. The maximum Gasteiger partial charge on any atom is 0.245 e. The normalized spacial score (nSPS) is 12.3. The SMILES string of the molecule is CN(C)CCN(C)S(=O)(=O)c1cccc(O)c1N. The van der Waals surface area contributed by atoms with Crippen molar-refractivity contribution in [2.75, 3.05) is 40.0 Å². The van der Waals surface area contributed by atoms with E-state index in [1.54, 1.807) is 0 Å². The molecule has 1 aromatic carbocycles. The minimum absolute atomic E-state index is 0.0660. The summed E-state index contributed by atoms with van der Waals surface area (Å²) in [7, 11) is 1.55. The Kier molecular flexibility index (Phi) is 4.55. The third kappa shape index (κ3) is 3.12. The zero-order valence-corrected chi connectivity index (χ0v) is 11.6. The van der Waals surface area contributed by atoms with Crippen molar-refractivity contribution >= 4 is 15.7 Å². The van der Waals surface area contributed by atoms with Crippen LogP contribution in [0.3, 0.4) is 0 Å². The van der Waals surface area contributed by atoms with Gasteiger partial charge in [-0.2, -0.15) is 4.31 Å². The van der Waals surface area contributed by atoms with Crippen LogP contribution < -0.4 is 5.73 Å². The second-order valence-corrected chi connectivity index (χ2v) is 6.33. The third-order valence-electron chi connectivity index (χ3n) is 2.59. The Morgan fingerprint density at radius 2 is 1.83 bits per heavy atom. The number of nitrogens with zero attached hydrogens (tertiary/aromatic N) is 2. The number of likely N-dealkylation sites (N-methyl/N-ethyl adjacent to an activating group) is 2. The average Bonchev–Trinajstić information content (AvgIpc) is 2.29. The zero-order chi connectivity index (χ0) is 13.9. The molecule has 1 aromatic rings. The summed E-state index contributed by atoms with van der Waals surface area (Å²) in [6.45, 7) is 0.957. The van der Waals surface area contributed by atoms with Gasteiger partial charge in [-0.1, -0.05) is 6.07 Å². The average molecular weight is 273 g/mol. The first-order valence-electron chi connectivity index (χ1n) is 5.45. The van der Waals surface area contributed by atoms with Crippen molar-refractivity contribution in [2.45, 2.75) is 4.90 Å². The molecule has 0 aliphatic carbocycles. The predicted octanol–water partition coefficient (Wildman–Crippen LogP) is 0.156. The summed E-state index contributed by atoms with van der Waals surface area (Å²) in [5, 5.41) is 9.45. The number of benzene rings is 1. The number of aromatic hydroxyl groups is 1. The fraction of sp³-hybridized carbons (Fsp3) is 0.455. The molecule has 0 amide bonds. The van der Waals surface area contributed by atoms with E-state index in [1.807, 2.05) is 19.0 Å². The molecule has 1 rings (SSSR count). The molecule has 0 aromatic heterocycles. The lowest BCUT2D eigenvalue weighted by Gasteiger charge is -2.20. The number of hydrogen-bond acceptors (Lipinski definition) is 5. The highest BCUT2D eigenvalue weighted by Crippen LogP contribution is 2.28. The summed E-state index contributed by atoms with van der Waals surface area (Å²) in [5.74, 6) is -0.225. The number of hydrogen-bond donors (Lipinski definition) is 2. The number of sulfonamides is 1. The van der Waals surface area contributed by atoms with Gasteiger partial charge in [-0.25, -0.2) is 8.42 Å². The molecular formula is C11H19N3O3S. The molecule has 18 heavy (non-hydrogen) atoms. The first-order valence-corrected chi connectivity index (χ1v) is 6.89. The van der Waals surface area contributed by atoms with Gasteiger partial charge in [0.2, 0.25) is 10.0 Å². The van der Waals surface area contributed by atoms with Gasteiger partial charge in [-0.15, -0.1) is 0 Å². The minimum Gasteiger partial charge on any atom is -0.506 e. The minimum atomic E-state index is -3.67. The van der Waals surface area contributed by atoms with Gasteiger partial charge < -0.3 is 15.7 Å². The number of rotatable bonds is 5. The van der Waals surface area contributed by atoms with Gasteiger partial charge in [0.1, 0.15) is 10.6 Å². The lowest BCUT2D eigenvalue weighted by Crippen LogP contribution is -2.33. The largest absolute Gasteiger partial charge is 0.506 e. The number of phenols is 1. The molecule has 0 radical (unpaired) electrons. The van der Waals surface area contributed by atoms with Crippen LogP contribution in [0.1, 0.15) is 0 Å². The zero-order valence-electron chi connectivity index (χ0n) is 10.8. The van der Waals surface area contributed by atoms with Gasteiger partial charge in [-0.05, 0) is 26.2 Å². The molecule has 0 saturated carbocycles. The lowest BCUT2D eigenvalue weighted by atomic mass is 10.3. The molecule has 6 nitrogen and oxygen atoms in total. The van der Waals surface area contributed by atoms with Crippen molar-refractivity contribution in [1.82, 2.24) is 9.21 Å². The number of nitrogens with two attached hydrogens (primary N) is 1. The van der Waals surface area contributed by atoms with E-state index >= 15 is 0 Å². The first kappa shape index (κ1) is 14.7. The van der Waals surface area contributed by atoms with E-state index in [0.717, 1.165) is 0 Å². The molecule has 0 heterocycles. The van der Waals surface area contributed by atoms with Gasteiger partial charge in [-0.3, -0.25) is 0 Å². The fourth-order valence-corrected chi connectivity index (χ4v) is 2.68. The summed E-state index contributed by atoms with van der Waals surface area (Å²) in [6, 6.07) is 4.20. The molecule has 0 atom stereocenters. The first-order chi connectivity index (χ1) is 8.26. The van der Waals surface area contributed by atoms with Crippen LogP contribution in [-0.2, 0) is 10.0 Å². The van der Waals surface area contributed by atoms with Crippen molar-refractivity contribution in [2.24, 2.45) is 0 Å². The standard InChI is InChI=1S/C11H19N3O3S/c1-13(2)7-8-14(3)18(16,17)10-6-4-5-9(15)11(10)12/h4-6,15H,7-8,12H2,1-3H3. The maximum atomic E-state index is 12.2. The summed E-state index contributed by atoms with van der Waals surface area (Å²) in [6.07, 6.45) is 0. The van der Waals surface area contributed by atoms with Crippen LogP contribution in [0.5, 0.6) is 5.75 Å². The van der Waals surface area contributed by atoms with Crippen molar-refractivity contribution in [1.29, 1.82) is 0 Å². The molecule has 0 spiro atoms. The maximum absolute atomic E-state index is 12.2. The van der Waals surface area contributed by atoms with Gasteiger partial charge >= 0.3 is 0 Å². The van der Waals surface area contributed by atoms with Crippen LogP contribution in [0.4, 0.5) is 5.69 Å². The van der Waals surface area contributed by atoms with Crippen molar-refractivity contribution < 1.29 is 13.5 Å². The van der Waals surface area contributed by atoms with E-state index in [2.05, 4.69) is 0 Å². The Labute approximate surface area is 108 Å². The molecule has 0 bridgehead atoms. The topological polar surface area (TPSA) is 86.9 Å². The number of para-hydroxylation sites is 1. The quantitative estimate of drug-likeness (QED) is 0.589. The number of nitrogen functional groups attached to an aromatic ring is 1. The third-order valence-corrected chi connectivity index (χ3v) is 4.51. The summed E-state index contributed by atoms with van der Waals surface area (Å²) >= 11 is 0. The van der Waals surface area contributed by atoms with Gasteiger partial charge in [0.25, 0.3) is 0 Å². The molecular weight excluding hydrogens is 254 g/mol. The molecule has 0 fully saturated rings. The molecule has 0 saturated heterocycles. The van der Waals surface area contributed by atoms with Crippen LogP contribution in [0, 0.1) is 0 Å². The van der Waals surface area contributed by atoms with E-state index in [0.29, 0.717) is 13.1 Å². The Bertz CT molecular complexity index is 514. The van der Waals surface area contributed by atoms with Crippen molar-refractivity contribution in [3.8, 4) is 5.75 Å². The van der Waals surface area contributed by atoms with E-state index in [4.69, 9.17) is 5.73 Å². The van der Waals surface area contributed by atoms with Crippen molar-refractivity contribution in [3.05, 3.63) is 18.2 Å². The van der Waals surface area contributed by atoms with E-state index in [1.165, 1.54) is 29.6 Å². The number of anilines is 1. The van der Waals surface area contributed by atoms with Crippen LogP contribution in [0.25, 0.3) is 0 Å². The molecule has 0 aliphatic heterocycles. The predicted molar refractivity (Wildman–Crippen MR) is 70.9 cm³/mol. The van der Waals surface area contributed by atoms with Crippen LogP contribution >= 0.6 is 0 Å². The highest BCUT2D eigenvalue weighted by Gasteiger charge is 2.24. The van der Waals surface area contributed by atoms with E-state index in [-0.39, 0.29) is 16.3 Å². The smallest absolute Gasteiger partial charge is 0.245 e. The monoisotopic (exact) mass is 273 g/mol. The van der Waals surface area contributed by atoms with Crippen molar-refractivity contribution in [3.63, 3.8) is 0 Å². The summed E-state index contributed by atoms with van der Waals surface area (Å²) < 4.78 is 25.7. The molecule has 0 aliphatic rings. The van der Waals surface area contributed by atoms with E-state index < -0.39 is 10.0 Å². The Balaban J connectivity index is 3.02. The Morgan fingerprint density at radius 3 is 2.39 bits per heavy atom. The van der Waals surface area contributed by atoms with Crippen LogP contribution in [-0.4, -0.2) is 57.0 Å². The Morgan fingerprint density at radius 1 is 1.22 bits per heavy atom. The molecule has 7 heteroatoms. The highest BCUT2D eigenvalue weighted by atomic mass is 32.2. The second-order valence-electron chi connectivity index (χ2n) is 4.32. The molecule has 3 N–H and O–H groups in total. The van der Waals surface area contributed by atoms with Crippen LogP contribution in [0.2, 0.25) is 0 Å². The second kappa shape index (κ2) is 5.55. The molecule has 102 valence electrons. The summed E-state index contributed by atoms with van der Waals surface area (Å²) in [4.78, 5) is 1.82. The van der Waals surface area contributed by atoms with Crippen LogP contribution in [0.15, 0.2) is 23.1 Å². The van der Waals surface area contributed by atoms with Gasteiger partial charge in [0.15, 0.2) is 0 Å². The Hall–Kier alpha value is -1.31. The lowest BCUT2D eigenvalue weighted by molar-refractivity contribution is 0.358. The number of phenolic OH excluding ortho intramolecular Hbond substituents is 1.